The lowest BCUT2D eigenvalue weighted by molar-refractivity contribution is 0.0740. The second-order valence-corrected chi connectivity index (χ2v) is 5.84. The van der Waals surface area contributed by atoms with E-state index in [4.69, 9.17) is 11.6 Å². The Kier molecular flexibility index (Phi) is 3.46. The molecule has 2 unspecified atom stereocenters. The molecule has 1 amide bonds. The minimum absolute atomic E-state index is 0.0743. The van der Waals surface area contributed by atoms with Crippen LogP contribution >= 0.6 is 11.6 Å². The van der Waals surface area contributed by atoms with Crippen LogP contribution in [-0.2, 0) is 0 Å². The first-order valence-electron chi connectivity index (χ1n) is 6.78. The number of likely N-dealkylation sites (tertiary alicyclic amines) is 1. The van der Waals surface area contributed by atoms with Gasteiger partial charge in [0.1, 0.15) is 5.15 Å². The molecule has 19 heavy (non-hydrogen) atoms. The lowest BCUT2D eigenvalue weighted by Gasteiger charge is -2.25. The van der Waals surface area contributed by atoms with E-state index < -0.39 is 0 Å². The zero-order chi connectivity index (χ0) is 13.4. The Bertz CT molecular complexity index is 493. The fourth-order valence-corrected chi connectivity index (χ4v) is 3.39. The molecular formula is C14H18ClN3O. The minimum atomic E-state index is 0.0743. The van der Waals surface area contributed by atoms with Gasteiger partial charge in [-0.3, -0.25) is 9.69 Å². The van der Waals surface area contributed by atoms with Crippen LogP contribution in [0.5, 0.6) is 0 Å². The predicted octanol–water partition coefficient (Wildman–Crippen LogP) is 2.04. The molecule has 2 fully saturated rings. The van der Waals surface area contributed by atoms with Crippen LogP contribution in [0.15, 0.2) is 18.3 Å². The fraction of sp³-hybridized carbons (Fsp3) is 0.571. The van der Waals surface area contributed by atoms with Gasteiger partial charge < -0.3 is 4.90 Å². The quantitative estimate of drug-likeness (QED) is 0.738. The van der Waals surface area contributed by atoms with Crippen molar-refractivity contribution in [1.29, 1.82) is 0 Å². The summed E-state index contributed by atoms with van der Waals surface area (Å²) in [6.45, 7) is 1.66. The van der Waals surface area contributed by atoms with Crippen LogP contribution in [0.1, 0.15) is 29.6 Å². The van der Waals surface area contributed by atoms with Crippen molar-refractivity contribution in [3.63, 3.8) is 0 Å². The molecule has 2 aliphatic rings. The summed E-state index contributed by atoms with van der Waals surface area (Å²) in [5.41, 5.74) is 0.639. The second kappa shape index (κ2) is 5.10. The predicted molar refractivity (Wildman–Crippen MR) is 74.3 cm³/mol. The van der Waals surface area contributed by atoms with Gasteiger partial charge in [0.05, 0.1) is 0 Å². The number of carbonyl (C=O) groups is 1. The molecule has 0 aliphatic carbocycles. The first-order chi connectivity index (χ1) is 9.15. The molecule has 0 N–H and O–H groups in total. The van der Waals surface area contributed by atoms with Crippen molar-refractivity contribution >= 4 is 17.5 Å². The van der Waals surface area contributed by atoms with Gasteiger partial charge >= 0.3 is 0 Å². The van der Waals surface area contributed by atoms with Crippen molar-refractivity contribution in [2.45, 2.75) is 31.3 Å². The SMILES string of the molecule is CN1C2CCC1CN(C(=O)c1ccnc(Cl)c1)CC2. The zero-order valence-corrected chi connectivity index (χ0v) is 11.8. The van der Waals surface area contributed by atoms with Gasteiger partial charge in [0.2, 0.25) is 0 Å². The number of fused-ring (bicyclic) bond motifs is 2. The van der Waals surface area contributed by atoms with E-state index in [0.717, 1.165) is 19.5 Å². The highest BCUT2D eigenvalue weighted by Gasteiger charge is 2.36. The molecule has 2 atom stereocenters. The number of hydrogen-bond acceptors (Lipinski definition) is 3. The number of likely N-dealkylation sites (N-methyl/N-ethyl adjacent to an activating group) is 1. The summed E-state index contributed by atoms with van der Waals surface area (Å²) >= 11 is 5.86. The number of rotatable bonds is 1. The third-order valence-electron chi connectivity index (χ3n) is 4.41. The van der Waals surface area contributed by atoms with Crippen molar-refractivity contribution in [2.75, 3.05) is 20.1 Å². The molecular weight excluding hydrogens is 262 g/mol. The number of amides is 1. The monoisotopic (exact) mass is 279 g/mol. The van der Waals surface area contributed by atoms with Gasteiger partial charge in [0.25, 0.3) is 5.91 Å². The van der Waals surface area contributed by atoms with Gasteiger partial charge in [0.15, 0.2) is 0 Å². The Balaban J connectivity index is 1.77. The molecule has 2 saturated heterocycles. The Hall–Kier alpha value is -1.13. The Morgan fingerprint density at radius 3 is 2.95 bits per heavy atom. The molecule has 2 bridgehead atoms. The van der Waals surface area contributed by atoms with Crippen LogP contribution in [0.3, 0.4) is 0 Å². The van der Waals surface area contributed by atoms with Gasteiger partial charge in [-0.15, -0.1) is 0 Å². The molecule has 5 heteroatoms. The van der Waals surface area contributed by atoms with E-state index in [-0.39, 0.29) is 5.91 Å². The Morgan fingerprint density at radius 2 is 2.16 bits per heavy atom. The van der Waals surface area contributed by atoms with E-state index in [1.54, 1.807) is 18.3 Å². The van der Waals surface area contributed by atoms with Crippen LogP contribution in [-0.4, -0.2) is 52.9 Å². The smallest absolute Gasteiger partial charge is 0.254 e. The van der Waals surface area contributed by atoms with Gasteiger partial charge in [0, 0.05) is 36.9 Å². The molecule has 0 aromatic carbocycles. The molecule has 0 saturated carbocycles. The average molecular weight is 280 g/mol. The van der Waals surface area contributed by atoms with E-state index in [1.807, 2.05) is 4.90 Å². The minimum Gasteiger partial charge on any atom is -0.337 e. The standard InChI is InChI=1S/C14H18ClN3O/c1-17-11-2-3-12(17)9-18(7-5-11)14(19)10-4-6-16-13(15)8-10/h4,6,8,11-12H,2-3,5,7,9H2,1H3. The van der Waals surface area contributed by atoms with Crippen LogP contribution < -0.4 is 0 Å². The first kappa shape index (κ1) is 12.9. The normalized spacial score (nSPS) is 27.4. The molecule has 2 aliphatic heterocycles. The summed E-state index contributed by atoms with van der Waals surface area (Å²) < 4.78 is 0. The average Bonchev–Trinajstić information content (AvgIpc) is 2.62. The van der Waals surface area contributed by atoms with Gasteiger partial charge in [-0.1, -0.05) is 11.6 Å². The third-order valence-corrected chi connectivity index (χ3v) is 4.62. The maximum absolute atomic E-state index is 12.5. The molecule has 1 aromatic heterocycles. The van der Waals surface area contributed by atoms with Crippen LogP contribution in [0.2, 0.25) is 5.15 Å². The van der Waals surface area contributed by atoms with Crippen LogP contribution in [0, 0.1) is 0 Å². The van der Waals surface area contributed by atoms with Crippen molar-refractivity contribution in [1.82, 2.24) is 14.8 Å². The Labute approximate surface area is 118 Å². The molecule has 1 aromatic rings. The first-order valence-corrected chi connectivity index (χ1v) is 7.15. The number of nitrogens with zero attached hydrogens (tertiary/aromatic N) is 3. The summed E-state index contributed by atoms with van der Waals surface area (Å²) in [6.07, 6.45) is 5.12. The Morgan fingerprint density at radius 1 is 1.37 bits per heavy atom. The van der Waals surface area contributed by atoms with Gasteiger partial charge in [-0.05, 0) is 38.4 Å². The summed E-state index contributed by atoms with van der Waals surface area (Å²) in [5.74, 6) is 0.0743. The number of carbonyl (C=O) groups excluding carboxylic acids is 1. The van der Waals surface area contributed by atoms with Gasteiger partial charge in [-0.25, -0.2) is 4.98 Å². The third kappa shape index (κ3) is 2.47. The highest BCUT2D eigenvalue weighted by Crippen LogP contribution is 2.29. The summed E-state index contributed by atoms with van der Waals surface area (Å²) in [4.78, 5) is 20.8. The molecule has 4 nitrogen and oxygen atoms in total. The molecule has 0 radical (unpaired) electrons. The molecule has 0 spiro atoms. The van der Waals surface area contributed by atoms with Crippen LogP contribution in [0.4, 0.5) is 0 Å². The van der Waals surface area contributed by atoms with E-state index in [2.05, 4.69) is 16.9 Å². The summed E-state index contributed by atoms with van der Waals surface area (Å²) in [6, 6.07) is 4.54. The lowest BCUT2D eigenvalue weighted by atomic mass is 10.1. The van der Waals surface area contributed by atoms with E-state index in [1.165, 1.54) is 12.8 Å². The van der Waals surface area contributed by atoms with Crippen LogP contribution in [0.25, 0.3) is 0 Å². The highest BCUT2D eigenvalue weighted by molar-refractivity contribution is 6.29. The van der Waals surface area contributed by atoms with Crippen molar-refractivity contribution in [2.24, 2.45) is 0 Å². The van der Waals surface area contributed by atoms with E-state index in [0.29, 0.717) is 22.8 Å². The second-order valence-electron chi connectivity index (χ2n) is 5.46. The number of hydrogen-bond donors (Lipinski definition) is 0. The fourth-order valence-electron chi connectivity index (χ4n) is 3.21. The van der Waals surface area contributed by atoms with E-state index >= 15 is 0 Å². The highest BCUT2D eigenvalue weighted by atomic mass is 35.5. The van der Waals surface area contributed by atoms with Gasteiger partial charge in [-0.2, -0.15) is 0 Å². The largest absolute Gasteiger partial charge is 0.337 e. The maximum atomic E-state index is 12.5. The van der Waals surface area contributed by atoms with E-state index in [9.17, 15) is 4.79 Å². The number of aromatic nitrogens is 1. The number of pyridine rings is 1. The van der Waals surface area contributed by atoms with Crippen molar-refractivity contribution in [3.8, 4) is 0 Å². The maximum Gasteiger partial charge on any atom is 0.254 e. The molecule has 102 valence electrons. The topological polar surface area (TPSA) is 36.4 Å². The number of halogens is 1. The molecule has 3 rings (SSSR count). The van der Waals surface area contributed by atoms with Crippen molar-refractivity contribution < 1.29 is 4.79 Å². The molecule has 3 heterocycles. The van der Waals surface area contributed by atoms with Crippen molar-refractivity contribution in [3.05, 3.63) is 29.0 Å². The summed E-state index contributed by atoms with van der Waals surface area (Å²) in [5, 5.41) is 0.374. The lowest BCUT2D eigenvalue weighted by Crippen LogP contribution is -2.39. The summed E-state index contributed by atoms with van der Waals surface area (Å²) in [7, 11) is 2.18. The zero-order valence-electron chi connectivity index (χ0n) is 11.1.